The van der Waals surface area contributed by atoms with Gasteiger partial charge in [0.15, 0.2) is 0 Å². The van der Waals surface area contributed by atoms with Crippen LogP contribution in [-0.4, -0.2) is 38.4 Å². The number of aryl methyl sites for hydroxylation is 1. The van der Waals surface area contributed by atoms with Gasteiger partial charge in [0.2, 0.25) is 5.95 Å². The molecule has 3 N–H and O–H groups in total. The van der Waals surface area contributed by atoms with Gasteiger partial charge in [-0.25, -0.2) is 19.0 Å². The molecule has 1 aliphatic heterocycles. The van der Waals surface area contributed by atoms with E-state index in [1.807, 2.05) is 32.0 Å². The van der Waals surface area contributed by atoms with Crippen LogP contribution < -0.4 is 15.8 Å². The summed E-state index contributed by atoms with van der Waals surface area (Å²) in [5.41, 5.74) is 10.4. The van der Waals surface area contributed by atoms with Gasteiger partial charge in [0.1, 0.15) is 35.2 Å². The molecule has 3 heterocycles. The molecule has 2 atom stereocenters. The Labute approximate surface area is 202 Å². The second kappa shape index (κ2) is 9.30. The van der Waals surface area contributed by atoms with E-state index in [1.54, 1.807) is 30.3 Å². The number of nitrogen functional groups attached to an aromatic ring is 1. The summed E-state index contributed by atoms with van der Waals surface area (Å²) in [6.45, 7) is 4.28. The van der Waals surface area contributed by atoms with Crippen LogP contribution in [0.5, 0.6) is 5.75 Å². The maximum absolute atomic E-state index is 13.5. The highest BCUT2D eigenvalue weighted by Crippen LogP contribution is 2.41. The van der Waals surface area contributed by atoms with Gasteiger partial charge >= 0.3 is 0 Å². The van der Waals surface area contributed by atoms with E-state index in [4.69, 9.17) is 20.2 Å². The molecule has 0 radical (unpaired) electrons. The summed E-state index contributed by atoms with van der Waals surface area (Å²) in [6.07, 6.45) is 2.18. The number of halogens is 1. The smallest absolute Gasteiger partial charge is 0.229 e. The van der Waals surface area contributed by atoms with Crippen LogP contribution in [0.3, 0.4) is 0 Å². The standard InChI is InChI=1S/C25H26FN7O2/c1-4-20-22-23(18(12-35-20)15-5-7-16(26)8-6-15)30-25(31-24(22)27)29-17-9-10-19(21(11-17)34-3)33-13-28-14(2)32-33/h5-11,13,18,20H,4,12H2,1-3H3,(H3,27,29,30,31). The molecule has 5 rings (SSSR count). The average molecular weight is 476 g/mol. The predicted octanol–water partition coefficient (Wildman–Crippen LogP) is 4.45. The Bertz CT molecular complexity index is 1360. The lowest BCUT2D eigenvalue weighted by atomic mass is 9.88. The third-order valence-corrected chi connectivity index (χ3v) is 6.05. The van der Waals surface area contributed by atoms with Crippen molar-refractivity contribution in [2.24, 2.45) is 0 Å². The van der Waals surface area contributed by atoms with Gasteiger partial charge in [-0.15, -0.1) is 0 Å². The summed E-state index contributed by atoms with van der Waals surface area (Å²) in [6, 6.07) is 12.0. The van der Waals surface area contributed by atoms with Crippen LogP contribution >= 0.6 is 0 Å². The minimum atomic E-state index is -0.292. The van der Waals surface area contributed by atoms with E-state index in [2.05, 4.69) is 20.4 Å². The number of hydrogen-bond donors (Lipinski definition) is 2. The molecule has 180 valence electrons. The zero-order valence-electron chi connectivity index (χ0n) is 19.7. The van der Waals surface area contributed by atoms with Gasteiger partial charge in [0.05, 0.1) is 31.4 Å². The first-order chi connectivity index (χ1) is 17.0. The molecule has 0 amide bonds. The molecule has 2 unspecified atom stereocenters. The van der Waals surface area contributed by atoms with Crippen molar-refractivity contribution >= 4 is 17.5 Å². The average Bonchev–Trinajstić information content (AvgIpc) is 3.29. The van der Waals surface area contributed by atoms with Crippen molar-refractivity contribution in [3.8, 4) is 11.4 Å². The lowest BCUT2D eigenvalue weighted by Crippen LogP contribution is -2.25. The Hall–Kier alpha value is -4.05. The molecule has 0 spiro atoms. The highest BCUT2D eigenvalue weighted by Gasteiger charge is 2.32. The van der Waals surface area contributed by atoms with Gasteiger partial charge in [-0.1, -0.05) is 19.1 Å². The number of fused-ring (bicyclic) bond motifs is 1. The topological polar surface area (TPSA) is 113 Å². The van der Waals surface area contributed by atoms with Gasteiger partial charge in [0.25, 0.3) is 0 Å². The number of hydrogen-bond acceptors (Lipinski definition) is 8. The van der Waals surface area contributed by atoms with Crippen LogP contribution in [0.4, 0.5) is 21.8 Å². The van der Waals surface area contributed by atoms with Gasteiger partial charge < -0.3 is 20.5 Å². The SMILES string of the molecule is CCC1OCC(c2ccc(F)cc2)c2nc(Nc3ccc(-n4cnc(C)n4)c(OC)c3)nc(N)c21. The van der Waals surface area contributed by atoms with E-state index in [0.29, 0.717) is 29.9 Å². The van der Waals surface area contributed by atoms with Gasteiger partial charge in [0, 0.05) is 17.3 Å². The molecule has 9 nitrogen and oxygen atoms in total. The number of aromatic nitrogens is 5. The molecule has 0 aliphatic carbocycles. The summed E-state index contributed by atoms with van der Waals surface area (Å²) in [4.78, 5) is 13.5. The third kappa shape index (κ3) is 4.40. The minimum Gasteiger partial charge on any atom is -0.494 e. The fourth-order valence-electron chi connectivity index (χ4n) is 4.34. The molecule has 4 aromatic rings. The predicted molar refractivity (Wildman–Crippen MR) is 130 cm³/mol. The largest absolute Gasteiger partial charge is 0.494 e. The quantitative estimate of drug-likeness (QED) is 0.421. The molecule has 10 heteroatoms. The van der Waals surface area contributed by atoms with Crippen molar-refractivity contribution in [1.82, 2.24) is 24.7 Å². The Kier molecular flexibility index (Phi) is 6.04. The van der Waals surface area contributed by atoms with Crippen molar-refractivity contribution in [1.29, 1.82) is 0 Å². The molecule has 35 heavy (non-hydrogen) atoms. The normalized spacial score (nSPS) is 17.1. The number of nitrogens with one attached hydrogen (secondary N) is 1. The van der Waals surface area contributed by atoms with Crippen molar-refractivity contribution < 1.29 is 13.9 Å². The molecule has 0 bridgehead atoms. The number of methoxy groups -OCH3 is 1. The number of nitrogens with two attached hydrogens (primary N) is 1. The second-order valence-electron chi connectivity index (χ2n) is 8.31. The van der Waals surface area contributed by atoms with E-state index in [1.165, 1.54) is 12.1 Å². The summed E-state index contributed by atoms with van der Waals surface area (Å²) >= 11 is 0. The Morgan fingerprint density at radius 1 is 1.20 bits per heavy atom. The fraction of sp³-hybridized carbons (Fsp3) is 0.280. The van der Waals surface area contributed by atoms with Crippen LogP contribution in [0.2, 0.25) is 0 Å². The number of benzene rings is 2. The van der Waals surface area contributed by atoms with Gasteiger partial charge in [-0.3, -0.25) is 0 Å². The summed E-state index contributed by atoms with van der Waals surface area (Å²) in [5, 5.41) is 7.59. The first kappa shape index (κ1) is 22.7. The maximum atomic E-state index is 13.5. The van der Waals surface area contributed by atoms with Gasteiger partial charge in [-0.05, 0) is 43.2 Å². The van der Waals surface area contributed by atoms with Crippen molar-refractivity contribution in [3.05, 3.63) is 77.3 Å². The van der Waals surface area contributed by atoms with E-state index in [-0.39, 0.29) is 17.8 Å². The van der Waals surface area contributed by atoms with Crippen molar-refractivity contribution in [2.45, 2.75) is 32.3 Å². The van der Waals surface area contributed by atoms with Crippen LogP contribution in [0, 0.1) is 12.7 Å². The van der Waals surface area contributed by atoms with Crippen LogP contribution in [0.1, 0.15) is 48.0 Å². The summed E-state index contributed by atoms with van der Waals surface area (Å²) in [7, 11) is 1.60. The van der Waals surface area contributed by atoms with E-state index in [9.17, 15) is 4.39 Å². The molecule has 2 aromatic heterocycles. The third-order valence-electron chi connectivity index (χ3n) is 6.05. The summed E-state index contributed by atoms with van der Waals surface area (Å²) < 4.78 is 26.8. The number of ether oxygens (including phenoxy) is 2. The molecule has 0 fully saturated rings. The monoisotopic (exact) mass is 475 g/mol. The number of rotatable bonds is 6. The summed E-state index contributed by atoms with van der Waals surface area (Å²) in [5.74, 6) is 1.51. The highest BCUT2D eigenvalue weighted by atomic mass is 19.1. The first-order valence-electron chi connectivity index (χ1n) is 11.3. The lowest BCUT2D eigenvalue weighted by molar-refractivity contribution is 0.0304. The molecule has 0 saturated heterocycles. The van der Waals surface area contributed by atoms with Crippen LogP contribution in [0.15, 0.2) is 48.8 Å². The first-order valence-corrected chi connectivity index (χ1v) is 11.3. The van der Waals surface area contributed by atoms with E-state index in [0.717, 1.165) is 34.6 Å². The van der Waals surface area contributed by atoms with Crippen LogP contribution in [0.25, 0.3) is 5.69 Å². The molecule has 2 aromatic carbocycles. The van der Waals surface area contributed by atoms with Gasteiger partial charge in [-0.2, -0.15) is 10.1 Å². The zero-order chi connectivity index (χ0) is 24.5. The van der Waals surface area contributed by atoms with E-state index >= 15 is 0 Å². The van der Waals surface area contributed by atoms with E-state index < -0.39 is 0 Å². The van der Waals surface area contributed by atoms with Crippen molar-refractivity contribution in [3.63, 3.8) is 0 Å². The molecule has 0 saturated carbocycles. The van der Waals surface area contributed by atoms with Crippen molar-refractivity contribution in [2.75, 3.05) is 24.8 Å². The Morgan fingerprint density at radius 3 is 2.69 bits per heavy atom. The lowest BCUT2D eigenvalue weighted by Gasteiger charge is -2.31. The maximum Gasteiger partial charge on any atom is 0.229 e. The Morgan fingerprint density at radius 2 is 2.00 bits per heavy atom. The minimum absolute atomic E-state index is 0.188. The second-order valence-corrected chi connectivity index (χ2v) is 8.31. The number of anilines is 3. The van der Waals surface area contributed by atoms with Crippen LogP contribution in [-0.2, 0) is 4.74 Å². The number of nitrogens with zero attached hydrogens (tertiary/aromatic N) is 5. The zero-order valence-corrected chi connectivity index (χ0v) is 19.7. The highest BCUT2D eigenvalue weighted by molar-refractivity contribution is 5.63. The Balaban J connectivity index is 1.51. The molecule has 1 aliphatic rings. The fourth-order valence-corrected chi connectivity index (χ4v) is 4.34. The molecular weight excluding hydrogens is 449 g/mol. The molecular formula is C25H26FN7O2.